The Bertz CT molecular complexity index is 343. The van der Waals surface area contributed by atoms with Gasteiger partial charge in [-0.05, 0) is 20.3 Å². The molecule has 0 unspecified atom stereocenters. The number of H-pyrrole nitrogens is 1. The molecule has 0 radical (unpaired) electrons. The molecule has 0 aromatic carbocycles. The molecule has 4 nitrogen and oxygen atoms in total. The van der Waals surface area contributed by atoms with Crippen LogP contribution in [0.1, 0.15) is 33.6 Å². The van der Waals surface area contributed by atoms with Crippen LogP contribution in [-0.4, -0.2) is 15.5 Å². The zero-order valence-electron chi connectivity index (χ0n) is 8.92. The van der Waals surface area contributed by atoms with Crippen LogP contribution in [0.3, 0.4) is 0 Å². The van der Waals surface area contributed by atoms with Gasteiger partial charge in [-0.25, -0.2) is 4.98 Å². The summed E-state index contributed by atoms with van der Waals surface area (Å²) in [5.41, 5.74) is -0.257. The van der Waals surface area contributed by atoms with Crippen LogP contribution in [0.25, 0.3) is 0 Å². The largest absolute Gasteiger partial charge is 0.361 e. The molecular weight excluding hydrogens is 178 g/mol. The van der Waals surface area contributed by atoms with Gasteiger partial charge in [-0.15, -0.1) is 0 Å². The van der Waals surface area contributed by atoms with Crippen LogP contribution in [0.2, 0.25) is 0 Å². The lowest BCUT2D eigenvalue weighted by atomic mass is 9.99. The number of hydrogen-bond acceptors (Lipinski definition) is 3. The minimum Gasteiger partial charge on any atom is -0.361 e. The summed E-state index contributed by atoms with van der Waals surface area (Å²) in [7, 11) is 0. The van der Waals surface area contributed by atoms with Crippen LogP contribution in [0.5, 0.6) is 0 Å². The molecule has 0 bridgehead atoms. The molecule has 0 aliphatic heterocycles. The van der Waals surface area contributed by atoms with Crippen molar-refractivity contribution in [1.82, 2.24) is 9.97 Å². The Morgan fingerprint density at radius 2 is 2.29 bits per heavy atom. The highest BCUT2D eigenvalue weighted by Gasteiger charge is 2.17. The molecule has 0 fully saturated rings. The lowest BCUT2D eigenvalue weighted by Gasteiger charge is -2.25. The van der Waals surface area contributed by atoms with Gasteiger partial charge < -0.3 is 10.3 Å². The normalized spacial score (nSPS) is 11.4. The molecule has 0 saturated carbocycles. The second-order valence-corrected chi connectivity index (χ2v) is 4.03. The third-order valence-electron chi connectivity index (χ3n) is 2.04. The van der Waals surface area contributed by atoms with Gasteiger partial charge in [-0.1, -0.05) is 13.3 Å². The van der Waals surface area contributed by atoms with E-state index in [9.17, 15) is 4.79 Å². The molecule has 0 saturated heterocycles. The van der Waals surface area contributed by atoms with E-state index in [4.69, 9.17) is 0 Å². The van der Waals surface area contributed by atoms with Gasteiger partial charge in [0.05, 0.1) is 0 Å². The van der Waals surface area contributed by atoms with Crippen molar-refractivity contribution in [2.75, 3.05) is 5.32 Å². The van der Waals surface area contributed by atoms with Gasteiger partial charge in [-0.2, -0.15) is 0 Å². The summed E-state index contributed by atoms with van der Waals surface area (Å²) in [5, 5.41) is 3.13. The smallest absolute Gasteiger partial charge is 0.290 e. The van der Waals surface area contributed by atoms with Gasteiger partial charge in [0.2, 0.25) is 0 Å². The highest BCUT2D eigenvalue weighted by atomic mass is 16.1. The number of nitrogens with one attached hydrogen (secondary N) is 2. The van der Waals surface area contributed by atoms with Gasteiger partial charge in [0.1, 0.15) is 0 Å². The molecule has 0 amide bonds. The van der Waals surface area contributed by atoms with Crippen molar-refractivity contribution < 1.29 is 0 Å². The molecule has 4 heteroatoms. The predicted molar refractivity (Wildman–Crippen MR) is 57.5 cm³/mol. The summed E-state index contributed by atoms with van der Waals surface area (Å²) >= 11 is 0. The number of aromatic nitrogens is 2. The summed E-state index contributed by atoms with van der Waals surface area (Å²) in [5.74, 6) is 0.394. The van der Waals surface area contributed by atoms with Gasteiger partial charge in [0, 0.05) is 17.9 Å². The first-order chi connectivity index (χ1) is 6.55. The van der Waals surface area contributed by atoms with E-state index in [0.29, 0.717) is 5.82 Å². The molecule has 1 heterocycles. The summed E-state index contributed by atoms with van der Waals surface area (Å²) in [6, 6.07) is 0. The van der Waals surface area contributed by atoms with E-state index in [1.54, 1.807) is 6.20 Å². The first kappa shape index (κ1) is 10.8. The zero-order chi connectivity index (χ0) is 10.6. The van der Waals surface area contributed by atoms with Crippen molar-refractivity contribution in [3.05, 3.63) is 22.7 Å². The standard InChI is InChI=1S/C10H17N3O/c1-4-5-10(2,3)13-8-9(14)12-7-6-11-8/h6-7H,4-5H2,1-3H3,(H,11,13)(H,12,14). The van der Waals surface area contributed by atoms with E-state index in [1.165, 1.54) is 6.20 Å². The molecule has 14 heavy (non-hydrogen) atoms. The zero-order valence-corrected chi connectivity index (χ0v) is 8.92. The van der Waals surface area contributed by atoms with Gasteiger partial charge in [-0.3, -0.25) is 4.79 Å². The van der Waals surface area contributed by atoms with Crippen LogP contribution < -0.4 is 10.9 Å². The number of hydrogen-bond donors (Lipinski definition) is 2. The third-order valence-corrected chi connectivity index (χ3v) is 2.04. The van der Waals surface area contributed by atoms with Gasteiger partial charge in [0.15, 0.2) is 5.82 Å². The molecule has 1 aromatic heterocycles. The van der Waals surface area contributed by atoms with Crippen molar-refractivity contribution in [1.29, 1.82) is 0 Å². The first-order valence-corrected chi connectivity index (χ1v) is 4.87. The van der Waals surface area contributed by atoms with E-state index >= 15 is 0 Å². The van der Waals surface area contributed by atoms with Crippen molar-refractivity contribution in [3.8, 4) is 0 Å². The lowest BCUT2D eigenvalue weighted by molar-refractivity contribution is 0.508. The monoisotopic (exact) mass is 195 g/mol. The molecule has 78 valence electrons. The van der Waals surface area contributed by atoms with Crippen LogP contribution >= 0.6 is 0 Å². The minimum absolute atomic E-state index is 0.0872. The van der Waals surface area contributed by atoms with Crippen molar-refractivity contribution in [2.24, 2.45) is 0 Å². The summed E-state index contributed by atoms with van der Waals surface area (Å²) in [4.78, 5) is 17.9. The first-order valence-electron chi connectivity index (χ1n) is 4.87. The molecule has 0 atom stereocenters. The summed E-state index contributed by atoms with van der Waals surface area (Å²) in [6.07, 6.45) is 5.18. The molecule has 2 N–H and O–H groups in total. The van der Waals surface area contributed by atoms with E-state index < -0.39 is 0 Å². The highest BCUT2D eigenvalue weighted by Crippen LogP contribution is 2.14. The SMILES string of the molecule is CCCC(C)(C)Nc1ncc[nH]c1=O. The second kappa shape index (κ2) is 4.26. The fourth-order valence-electron chi connectivity index (χ4n) is 1.45. The average molecular weight is 195 g/mol. The van der Waals surface area contributed by atoms with Crippen LogP contribution in [0.15, 0.2) is 17.2 Å². The molecule has 0 spiro atoms. The molecular formula is C10H17N3O. The minimum atomic E-state index is -0.170. The molecule has 0 aliphatic carbocycles. The van der Waals surface area contributed by atoms with Crippen molar-refractivity contribution in [2.45, 2.75) is 39.2 Å². The second-order valence-electron chi connectivity index (χ2n) is 4.03. The van der Waals surface area contributed by atoms with Gasteiger partial charge >= 0.3 is 0 Å². The van der Waals surface area contributed by atoms with E-state index in [0.717, 1.165) is 12.8 Å². The molecule has 1 rings (SSSR count). The lowest BCUT2D eigenvalue weighted by Crippen LogP contribution is -2.34. The average Bonchev–Trinajstić information content (AvgIpc) is 2.08. The Morgan fingerprint density at radius 1 is 1.57 bits per heavy atom. The Morgan fingerprint density at radius 3 is 2.86 bits per heavy atom. The fourth-order valence-corrected chi connectivity index (χ4v) is 1.45. The van der Waals surface area contributed by atoms with Crippen LogP contribution in [0.4, 0.5) is 5.82 Å². The molecule has 0 aliphatic rings. The fraction of sp³-hybridized carbons (Fsp3) is 0.600. The Hall–Kier alpha value is -1.32. The maximum Gasteiger partial charge on any atom is 0.290 e. The van der Waals surface area contributed by atoms with Crippen molar-refractivity contribution >= 4 is 5.82 Å². The van der Waals surface area contributed by atoms with Crippen molar-refractivity contribution in [3.63, 3.8) is 0 Å². The van der Waals surface area contributed by atoms with Crippen LogP contribution in [-0.2, 0) is 0 Å². The van der Waals surface area contributed by atoms with E-state index in [2.05, 4.69) is 36.1 Å². The maximum atomic E-state index is 11.3. The van der Waals surface area contributed by atoms with Crippen LogP contribution in [0, 0.1) is 0 Å². The predicted octanol–water partition coefficient (Wildman–Crippen LogP) is 1.76. The topological polar surface area (TPSA) is 57.8 Å². The third kappa shape index (κ3) is 2.87. The van der Waals surface area contributed by atoms with E-state index in [-0.39, 0.29) is 11.1 Å². The Kier molecular flexibility index (Phi) is 3.28. The number of nitrogens with zero attached hydrogens (tertiary/aromatic N) is 1. The maximum absolute atomic E-state index is 11.3. The summed E-state index contributed by atoms with van der Waals surface area (Å²) in [6.45, 7) is 6.24. The van der Waals surface area contributed by atoms with E-state index in [1.807, 2.05) is 0 Å². The number of anilines is 1. The Balaban J connectivity index is 2.78. The van der Waals surface area contributed by atoms with Gasteiger partial charge in [0.25, 0.3) is 5.56 Å². The number of aromatic amines is 1. The summed E-state index contributed by atoms with van der Waals surface area (Å²) < 4.78 is 0. The molecule has 1 aromatic rings. The highest BCUT2D eigenvalue weighted by molar-refractivity contribution is 5.33. The quantitative estimate of drug-likeness (QED) is 0.769. The number of rotatable bonds is 4. The Labute approximate surface area is 83.8 Å².